The van der Waals surface area contributed by atoms with Gasteiger partial charge in [0.2, 0.25) is 0 Å². The van der Waals surface area contributed by atoms with Gasteiger partial charge in [-0.05, 0) is 43.2 Å². The Labute approximate surface area is 100 Å². The van der Waals surface area contributed by atoms with Gasteiger partial charge < -0.3 is 10.6 Å². The van der Waals surface area contributed by atoms with Crippen LogP contribution in [0.2, 0.25) is 0 Å². The van der Waals surface area contributed by atoms with Crippen LogP contribution in [0.5, 0.6) is 0 Å². The Hall–Kier alpha value is -0.870. The van der Waals surface area contributed by atoms with E-state index in [-0.39, 0.29) is 5.91 Å². The third-order valence-electron chi connectivity index (χ3n) is 3.24. The van der Waals surface area contributed by atoms with E-state index in [9.17, 15) is 4.79 Å². The highest BCUT2D eigenvalue weighted by Crippen LogP contribution is 2.21. The first-order valence-electron chi connectivity index (χ1n) is 5.83. The minimum atomic E-state index is 0.187. The zero-order valence-electron chi connectivity index (χ0n) is 9.39. The minimum Gasteiger partial charge on any atom is -0.339 e. The molecule has 1 aliphatic rings. The second-order valence-corrected chi connectivity index (χ2v) is 5.10. The molecule has 0 unspecified atom stereocenters. The van der Waals surface area contributed by atoms with Crippen LogP contribution in [0.15, 0.2) is 16.8 Å². The third kappa shape index (κ3) is 2.62. The normalized spacial score (nSPS) is 17.7. The van der Waals surface area contributed by atoms with Gasteiger partial charge in [-0.3, -0.25) is 4.79 Å². The van der Waals surface area contributed by atoms with E-state index in [0.717, 1.165) is 50.4 Å². The molecule has 1 aromatic rings. The number of nitrogens with two attached hydrogens (primary N) is 1. The van der Waals surface area contributed by atoms with Gasteiger partial charge in [0.05, 0.1) is 5.56 Å². The summed E-state index contributed by atoms with van der Waals surface area (Å²) in [6.45, 7) is 2.54. The summed E-state index contributed by atoms with van der Waals surface area (Å²) in [6, 6.07) is 1.90. The summed E-state index contributed by atoms with van der Waals surface area (Å²) in [5.74, 6) is 0.906. The molecule has 4 heteroatoms. The molecule has 2 heterocycles. The number of likely N-dealkylation sites (tertiary alicyclic amines) is 1. The predicted octanol–water partition coefficient (Wildman–Crippen LogP) is 1.95. The minimum absolute atomic E-state index is 0.187. The van der Waals surface area contributed by atoms with Crippen molar-refractivity contribution >= 4 is 17.2 Å². The first kappa shape index (κ1) is 11.6. The maximum absolute atomic E-state index is 12.0. The van der Waals surface area contributed by atoms with E-state index in [1.165, 1.54) is 0 Å². The lowest BCUT2D eigenvalue weighted by molar-refractivity contribution is 0.0688. The Morgan fingerprint density at radius 1 is 1.50 bits per heavy atom. The second-order valence-electron chi connectivity index (χ2n) is 4.32. The molecule has 88 valence electrons. The number of hydrogen-bond acceptors (Lipinski definition) is 3. The molecular formula is C12H18N2OS. The highest BCUT2D eigenvalue weighted by molar-refractivity contribution is 7.08. The summed E-state index contributed by atoms with van der Waals surface area (Å²) in [7, 11) is 0. The first-order chi connectivity index (χ1) is 7.81. The number of amides is 1. The highest BCUT2D eigenvalue weighted by atomic mass is 32.1. The van der Waals surface area contributed by atoms with Gasteiger partial charge in [-0.25, -0.2) is 0 Å². The fourth-order valence-electron chi connectivity index (χ4n) is 2.23. The quantitative estimate of drug-likeness (QED) is 0.875. The topological polar surface area (TPSA) is 46.3 Å². The second kappa shape index (κ2) is 5.46. The number of rotatable bonds is 3. The highest BCUT2D eigenvalue weighted by Gasteiger charge is 2.23. The molecule has 2 rings (SSSR count). The summed E-state index contributed by atoms with van der Waals surface area (Å²) in [5, 5.41) is 3.88. The van der Waals surface area contributed by atoms with E-state index in [4.69, 9.17) is 5.73 Å². The molecule has 1 fully saturated rings. The van der Waals surface area contributed by atoms with Crippen LogP contribution in [0.3, 0.4) is 0 Å². The fraction of sp³-hybridized carbons (Fsp3) is 0.583. The van der Waals surface area contributed by atoms with E-state index in [0.29, 0.717) is 0 Å². The summed E-state index contributed by atoms with van der Waals surface area (Å²) >= 11 is 1.58. The van der Waals surface area contributed by atoms with Crippen molar-refractivity contribution in [3.05, 3.63) is 22.4 Å². The van der Waals surface area contributed by atoms with Crippen molar-refractivity contribution in [1.29, 1.82) is 0 Å². The Balaban J connectivity index is 1.87. The summed E-state index contributed by atoms with van der Waals surface area (Å²) in [6.07, 6.45) is 3.31. The van der Waals surface area contributed by atoms with Crippen LogP contribution in [0.1, 0.15) is 29.6 Å². The summed E-state index contributed by atoms with van der Waals surface area (Å²) in [4.78, 5) is 14.0. The number of nitrogens with zero attached hydrogens (tertiary/aromatic N) is 1. The van der Waals surface area contributed by atoms with Crippen LogP contribution in [0.4, 0.5) is 0 Å². The third-order valence-corrected chi connectivity index (χ3v) is 3.93. The van der Waals surface area contributed by atoms with E-state index in [1.807, 2.05) is 21.7 Å². The van der Waals surface area contributed by atoms with E-state index >= 15 is 0 Å². The van der Waals surface area contributed by atoms with Gasteiger partial charge in [0, 0.05) is 18.5 Å². The van der Waals surface area contributed by atoms with Gasteiger partial charge in [-0.15, -0.1) is 0 Å². The molecule has 0 bridgehead atoms. The molecule has 0 spiro atoms. The van der Waals surface area contributed by atoms with Gasteiger partial charge in [-0.1, -0.05) is 0 Å². The Kier molecular flexibility index (Phi) is 3.96. The number of carbonyl (C=O) groups excluding carboxylic acids is 1. The van der Waals surface area contributed by atoms with Gasteiger partial charge in [-0.2, -0.15) is 11.3 Å². The molecule has 1 amide bonds. The van der Waals surface area contributed by atoms with Gasteiger partial charge >= 0.3 is 0 Å². The zero-order valence-corrected chi connectivity index (χ0v) is 10.2. The maximum atomic E-state index is 12.0. The molecule has 2 N–H and O–H groups in total. The summed E-state index contributed by atoms with van der Waals surface area (Å²) in [5.41, 5.74) is 6.39. The van der Waals surface area contributed by atoms with Gasteiger partial charge in [0.25, 0.3) is 5.91 Å². The van der Waals surface area contributed by atoms with Crippen LogP contribution in [0.25, 0.3) is 0 Å². The Morgan fingerprint density at radius 3 is 2.81 bits per heavy atom. The van der Waals surface area contributed by atoms with Gasteiger partial charge in [0.15, 0.2) is 0 Å². The molecule has 1 aromatic heterocycles. The number of piperidine rings is 1. The van der Waals surface area contributed by atoms with E-state index in [1.54, 1.807) is 11.3 Å². The number of thiophene rings is 1. The first-order valence-corrected chi connectivity index (χ1v) is 6.77. The molecular weight excluding hydrogens is 220 g/mol. The van der Waals surface area contributed by atoms with Crippen LogP contribution in [-0.2, 0) is 0 Å². The van der Waals surface area contributed by atoms with Crippen molar-refractivity contribution in [2.45, 2.75) is 19.3 Å². The van der Waals surface area contributed by atoms with Crippen LogP contribution in [0, 0.1) is 5.92 Å². The number of hydrogen-bond donors (Lipinski definition) is 1. The molecule has 3 nitrogen and oxygen atoms in total. The van der Waals surface area contributed by atoms with E-state index in [2.05, 4.69) is 0 Å². The van der Waals surface area contributed by atoms with E-state index < -0.39 is 0 Å². The molecule has 0 aliphatic carbocycles. The van der Waals surface area contributed by atoms with Crippen LogP contribution >= 0.6 is 11.3 Å². The van der Waals surface area contributed by atoms with Crippen molar-refractivity contribution < 1.29 is 4.79 Å². The molecule has 16 heavy (non-hydrogen) atoms. The monoisotopic (exact) mass is 238 g/mol. The predicted molar refractivity (Wildman–Crippen MR) is 66.6 cm³/mol. The van der Waals surface area contributed by atoms with Crippen LogP contribution < -0.4 is 5.73 Å². The SMILES string of the molecule is NCCC1CCN(C(=O)c2ccsc2)CC1. The van der Waals surface area contributed by atoms with Crippen molar-refractivity contribution in [2.75, 3.05) is 19.6 Å². The largest absolute Gasteiger partial charge is 0.339 e. The zero-order chi connectivity index (χ0) is 11.4. The summed E-state index contributed by atoms with van der Waals surface area (Å²) < 4.78 is 0. The lowest BCUT2D eigenvalue weighted by Crippen LogP contribution is -2.38. The lowest BCUT2D eigenvalue weighted by Gasteiger charge is -2.31. The maximum Gasteiger partial charge on any atom is 0.254 e. The average Bonchev–Trinajstić information content (AvgIpc) is 2.83. The molecule has 0 aromatic carbocycles. The van der Waals surface area contributed by atoms with Gasteiger partial charge in [0.1, 0.15) is 0 Å². The molecule has 0 saturated carbocycles. The van der Waals surface area contributed by atoms with Crippen LogP contribution in [-0.4, -0.2) is 30.4 Å². The molecule has 0 atom stereocenters. The molecule has 1 saturated heterocycles. The molecule has 0 radical (unpaired) electrons. The van der Waals surface area contributed by atoms with Crippen molar-refractivity contribution in [2.24, 2.45) is 11.7 Å². The lowest BCUT2D eigenvalue weighted by atomic mass is 9.93. The van der Waals surface area contributed by atoms with Crippen molar-refractivity contribution in [1.82, 2.24) is 4.90 Å². The Bertz CT molecular complexity index is 329. The van der Waals surface area contributed by atoms with Crippen molar-refractivity contribution in [3.63, 3.8) is 0 Å². The fourth-order valence-corrected chi connectivity index (χ4v) is 2.86. The van der Waals surface area contributed by atoms with Crippen molar-refractivity contribution in [3.8, 4) is 0 Å². The molecule has 1 aliphatic heterocycles. The smallest absolute Gasteiger partial charge is 0.254 e. The number of carbonyl (C=O) groups is 1. The Morgan fingerprint density at radius 2 is 2.25 bits per heavy atom. The standard InChI is InChI=1S/C12H18N2OS/c13-5-1-10-2-6-14(7-3-10)12(15)11-4-8-16-9-11/h4,8-10H,1-3,5-7,13H2. The average molecular weight is 238 g/mol.